The van der Waals surface area contributed by atoms with Gasteiger partial charge in [0.2, 0.25) is 0 Å². The average Bonchev–Trinajstić information content (AvgIpc) is 2.35. The minimum Gasteiger partial charge on any atom is -0.496 e. The fraction of sp³-hybridized carbons (Fsp3) is 0.571. The molecule has 2 nitrogen and oxygen atoms in total. The summed E-state index contributed by atoms with van der Waals surface area (Å²) in [5.41, 5.74) is 8.33. The van der Waals surface area contributed by atoms with Crippen molar-refractivity contribution < 1.29 is 4.74 Å². The molecule has 0 spiro atoms. The van der Waals surface area contributed by atoms with Crippen molar-refractivity contribution >= 4 is 0 Å². The lowest BCUT2D eigenvalue weighted by Gasteiger charge is -2.16. The highest BCUT2D eigenvalue weighted by molar-refractivity contribution is 5.38. The summed E-state index contributed by atoms with van der Waals surface area (Å²) in [6, 6.07) is 6.51. The molecule has 0 radical (unpaired) electrons. The molecule has 1 unspecified atom stereocenters. The second kappa shape index (κ2) is 6.54. The molecule has 0 saturated heterocycles. The van der Waals surface area contributed by atoms with Gasteiger partial charge in [-0.25, -0.2) is 0 Å². The standard InChI is InChI=1S/C14H23NO/c1-4-11(8-9-15)13-6-7-14(16-3)12(5-2)10-13/h6-7,10-11H,4-5,8-9,15H2,1-3H3. The molecule has 0 aliphatic heterocycles. The predicted molar refractivity (Wildman–Crippen MR) is 69.1 cm³/mol. The van der Waals surface area contributed by atoms with Crippen molar-refractivity contribution in [2.75, 3.05) is 13.7 Å². The molecule has 0 aliphatic rings. The molecule has 0 aromatic heterocycles. The molecule has 0 bridgehead atoms. The number of nitrogens with two attached hydrogens (primary N) is 1. The SMILES string of the molecule is CCc1cc(C(CC)CCN)ccc1OC. The van der Waals surface area contributed by atoms with Gasteiger partial charge in [-0.2, -0.15) is 0 Å². The Morgan fingerprint density at radius 2 is 2.06 bits per heavy atom. The molecule has 0 aliphatic carbocycles. The third-order valence-electron chi connectivity index (χ3n) is 3.16. The number of benzene rings is 1. The monoisotopic (exact) mass is 221 g/mol. The zero-order chi connectivity index (χ0) is 12.0. The molecule has 2 N–H and O–H groups in total. The normalized spacial score (nSPS) is 12.5. The van der Waals surface area contributed by atoms with Crippen molar-refractivity contribution in [1.29, 1.82) is 0 Å². The van der Waals surface area contributed by atoms with Gasteiger partial charge in [-0.15, -0.1) is 0 Å². The first-order valence-corrected chi connectivity index (χ1v) is 6.13. The van der Waals surface area contributed by atoms with E-state index < -0.39 is 0 Å². The quantitative estimate of drug-likeness (QED) is 0.801. The maximum absolute atomic E-state index is 5.64. The van der Waals surface area contributed by atoms with Crippen LogP contribution in [-0.4, -0.2) is 13.7 Å². The van der Waals surface area contributed by atoms with E-state index in [-0.39, 0.29) is 0 Å². The zero-order valence-electron chi connectivity index (χ0n) is 10.6. The third kappa shape index (κ3) is 2.99. The van der Waals surface area contributed by atoms with Gasteiger partial charge in [0, 0.05) is 0 Å². The van der Waals surface area contributed by atoms with Crippen LogP contribution in [0.5, 0.6) is 5.75 Å². The largest absolute Gasteiger partial charge is 0.496 e. The van der Waals surface area contributed by atoms with Gasteiger partial charge in [0.1, 0.15) is 5.75 Å². The molecule has 2 heteroatoms. The van der Waals surface area contributed by atoms with Crippen molar-refractivity contribution in [1.82, 2.24) is 0 Å². The maximum Gasteiger partial charge on any atom is 0.122 e. The third-order valence-corrected chi connectivity index (χ3v) is 3.16. The molecule has 1 atom stereocenters. The summed E-state index contributed by atoms with van der Waals surface area (Å²) in [7, 11) is 1.73. The molecule has 0 saturated carbocycles. The fourth-order valence-electron chi connectivity index (χ4n) is 2.14. The van der Waals surface area contributed by atoms with Gasteiger partial charge in [0.15, 0.2) is 0 Å². The Morgan fingerprint density at radius 3 is 2.56 bits per heavy atom. The van der Waals surface area contributed by atoms with Crippen LogP contribution >= 0.6 is 0 Å². The Morgan fingerprint density at radius 1 is 1.31 bits per heavy atom. The van der Waals surface area contributed by atoms with Crippen LogP contribution in [0, 0.1) is 0 Å². The van der Waals surface area contributed by atoms with Crippen LogP contribution in [0.3, 0.4) is 0 Å². The van der Waals surface area contributed by atoms with E-state index in [1.165, 1.54) is 11.1 Å². The van der Waals surface area contributed by atoms with Crippen LogP contribution in [0.25, 0.3) is 0 Å². The summed E-state index contributed by atoms with van der Waals surface area (Å²) in [6.45, 7) is 5.13. The van der Waals surface area contributed by atoms with Gasteiger partial charge in [0.25, 0.3) is 0 Å². The second-order valence-electron chi connectivity index (χ2n) is 4.11. The first-order chi connectivity index (χ1) is 7.76. The average molecular weight is 221 g/mol. The van der Waals surface area contributed by atoms with E-state index in [0.29, 0.717) is 5.92 Å². The summed E-state index contributed by atoms with van der Waals surface area (Å²) in [6.07, 6.45) is 3.22. The first kappa shape index (κ1) is 13.0. The Kier molecular flexibility index (Phi) is 5.33. The van der Waals surface area contributed by atoms with Crippen LogP contribution in [0.1, 0.15) is 43.7 Å². The number of methoxy groups -OCH3 is 1. The lowest BCUT2D eigenvalue weighted by Crippen LogP contribution is -2.07. The number of ether oxygens (including phenoxy) is 1. The summed E-state index contributed by atoms with van der Waals surface area (Å²) in [5, 5.41) is 0. The minimum absolute atomic E-state index is 0.584. The molecule has 90 valence electrons. The van der Waals surface area contributed by atoms with Crippen LogP contribution in [0.15, 0.2) is 18.2 Å². The van der Waals surface area contributed by atoms with E-state index in [2.05, 4.69) is 32.0 Å². The minimum atomic E-state index is 0.584. The van der Waals surface area contributed by atoms with E-state index in [0.717, 1.165) is 31.6 Å². The summed E-state index contributed by atoms with van der Waals surface area (Å²) < 4.78 is 5.34. The molecule has 1 aromatic rings. The van der Waals surface area contributed by atoms with Gasteiger partial charge in [-0.3, -0.25) is 0 Å². The van der Waals surface area contributed by atoms with Gasteiger partial charge >= 0.3 is 0 Å². The lowest BCUT2D eigenvalue weighted by molar-refractivity contribution is 0.409. The highest BCUT2D eigenvalue weighted by atomic mass is 16.5. The highest BCUT2D eigenvalue weighted by Gasteiger charge is 2.10. The predicted octanol–water partition coefficient (Wildman–Crippen LogP) is 3.10. The van der Waals surface area contributed by atoms with Crippen LogP contribution in [-0.2, 0) is 6.42 Å². The summed E-state index contributed by atoms with van der Waals surface area (Å²) in [5.74, 6) is 1.58. The Hall–Kier alpha value is -1.02. The van der Waals surface area contributed by atoms with Crippen molar-refractivity contribution in [2.45, 2.75) is 39.0 Å². The Bertz CT molecular complexity index is 323. The molecular weight excluding hydrogens is 198 g/mol. The van der Waals surface area contributed by atoms with E-state index in [4.69, 9.17) is 10.5 Å². The number of hydrogen-bond donors (Lipinski definition) is 1. The van der Waals surface area contributed by atoms with Crippen LogP contribution in [0.2, 0.25) is 0 Å². The smallest absolute Gasteiger partial charge is 0.122 e. The molecule has 0 amide bonds. The van der Waals surface area contributed by atoms with Crippen molar-refractivity contribution in [3.05, 3.63) is 29.3 Å². The molecule has 1 rings (SSSR count). The van der Waals surface area contributed by atoms with Crippen LogP contribution < -0.4 is 10.5 Å². The first-order valence-electron chi connectivity index (χ1n) is 6.13. The summed E-state index contributed by atoms with van der Waals surface area (Å²) in [4.78, 5) is 0. The fourth-order valence-corrected chi connectivity index (χ4v) is 2.14. The Balaban J connectivity index is 2.96. The number of aryl methyl sites for hydroxylation is 1. The van der Waals surface area contributed by atoms with E-state index in [1.807, 2.05) is 0 Å². The topological polar surface area (TPSA) is 35.2 Å². The van der Waals surface area contributed by atoms with E-state index >= 15 is 0 Å². The molecule has 0 heterocycles. The van der Waals surface area contributed by atoms with Crippen molar-refractivity contribution in [3.8, 4) is 5.75 Å². The molecule has 16 heavy (non-hydrogen) atoms. The number of rotatable bonds is 6. The van der Waals surface area contributed by atoms with Crippen LogP contribution in [0.4, 0.5) is 0 Å². The molecule has 1 aromatic carbocycles. The second-order valence-corrected chi connectivity index (χ2v) is 4.11. The lowest BCUT2D eigenvalue weighted by atomic mass is 9.91. The summed E-state index contributed by atoms with van der Waals surface area (Å²) >= 11 is 0. The zero-order valence-corrected chi connectivity index (χ0v) is 10.6. The molecule has 0 fully saturated rings. The highest BCUT2D eigenvalue weighted by Crippen LogP contribution is 2.28. The van der Waals surface area contributed by atoms with Crippen molar-refractivity contribution in [2.24, 2.45) is 5.73 Å². The van der Waals surface area contributed by atoms with Gasteiger partial charge in [-0.1, -0.05) is 26.0 Å². The van der Waals surface area contributed by atoms with E-state index in [9.17, 15) is 0 Å². The van der Waals surface area contributed by atoms with Gasteiger partial charge < -0.3 is 10.5 Å². The van der Waals surface area contributed by atoms with Gasteiger partial charge in [0.05, 0.1) is 7.11 Å². The molecular formula is C14H23NO. The Labute approximate surface area is 98.8 Å². The maximum atomic E-state index is 5.64. The number of hydrogen-bond acceptors (Lipinski definition) is 2. The van der Waals surface area contributed by atoms with Crippen molar-refractivity contribution in [3.63, 3.8) is 0 Å². The van der Waals surface area contributed by atoms with E-state index in [1.54, 1.807) is 7.11 Å². The van der Waals surface area contributed by atoms with Gasteiger partial charge in [-0.05, 0) is 48.9 Å².